The zero-order valence-electron chi connectivity index (χ0n) is 13.8. The Labute approximate surface area is 142 Å². The summed E-state index contributed by atoms with van der Waals surface area (Å²) in [5.74, 6) is 0.372. The predicted octanol–water partition coefficient (Wildman–Crippen LogP) is 1.94. The fourth-order valence-electron chi connectivity index (χ4n) is 3.98. The van der Waals surface area contributed by atoms with Gasteiger partial charge in [0.2, 0.25) is 10.0 Å². The van der Waals surface area contributed by atoms with Crippen LogP contribution in [0, 0.1) is 13.8 Å². The van der Waals surface area contributed by atoms with E-state index in [1.54, 1.807) is 18.2 Å². The van der Waals surface area contributed by atoms with Crippen LogP contribution in [0.25, 0.3) is 0 Å². The molecule has 0 radical (unpaired) electrons. The maximum absolute atomic E-state index is 13.0. The maximum atomic E-state index is 13.0. The Bertz CT molecular complexity index is 828. The van der Waals surface area contributed by atoms with E-state index >= 15 is 0 Å². The highest BCUT2D eigenvalue weighted by atomic mass is 32.2. The molecule has 2 bridgehead atoms. The minimum atomic E-state index is -3.53. The van der Waals surface area contributed by atoms with E-state index in [-0.39, 0.29) is 17.0 Å². The Morgan fingerprint density at radius 1 is 1.17 bits per heavy atom. The van der Waals surface area contributed by atoms with E-state index in [1.807, 2.05) is 18.2 Å². The van der Waals surface area contributed by atoms with E-state index in [2.05, 4.69) is 22.2 Å². The van der Waals surface area contributed by atoms with E-state index in [9.17, 15) is 8.42 Å². The normalized spacial score (nSPS) is 24.8. The van der Waals surface area contributed by atoms with Crippen molar-refractivity contribution < 1.29 is 12.9 Å². The summed E-state index contributed by atoms with van der Waals surface area (Å²) < 4.78 is 32.7. The van der Waals surface area contributed by atoms with Gasteiger partial charge >= 0.3 is 0 Å². The summed E-state index contributed by atoms with van der Waals surface area (Å²) in [4.78, 5) is 2.63. The molecule has 0 spiro atoms. The predicted molar refractivity (Wildman–Crippen MR) is 88.9 cm³/mol. The quantitative estimate of drug-likeness (QED) is 0.846. The van der Waals surface area contributed by atoms with Crippen molar-refractivity contribution in [1.29, 1.82) is 0 Å². The number of fused-ring (bicyclic) bond motifs is 2. The molecule has 1 aromatic heterocycles. The van der Waals surface area contributed by atoms with Crippen molar-refractivity contribution in [3.63, 3.8) is 0 Å². The molecule has 2 fully saturated rings. The Balaban J connectivity index is 1.52. The molecule has 1 aromatic carbocycles. The average Bonchev–Trinajstić information content (AvgIpc) is 3.23. The SMILES string of the molecule is Cc1noc(C)c1S(=O)(=O)N1C[C@@H]2C[C@H]1CN2Cc1ccccc1. The molecule has 2 aliphatic heterocycles. The van der Waals surface area contributed by atoms with Crippen LogP contribution in [-0.2, 0) is 16.6 Å². The molecular formula is C17H21N3O3S. The molecule has 2 aliphatic rings. The molecule has 6 nitrogen and oxygen atoms in total. The van der Waals surface area contributed by atoms with Gasteiger partial charge in [-0.3, -0.25) is 4.90 Å². The first kappa shape index (κ1) is 15.8. The largest absolute Gasteiger partial charge is 0.360 e. The number of rotatable bonds is 4. The van der Waals surface area contributed by atoms with Crippen molar-refractivity contribution in [1.82, 2.24) is 14.4 Å². The van der Waals surface area contributed by atoms with Gasteiger partial charge in [0.25, 0.3) is 0 Å². The molecule has 24 heavy (non-hydrogen) atoms. The highest BCUT2D eigenvalue weighted by molar-refractivity contribution is 7.89. The fraction of sp³-hybridized carbons (Fsp3) is 0.471. The zero-order valence-corrected chi connectivity index (χ0v) is 14.7. The Morgan fingerprint density at radius 3 is 2.50 bits per heavy atom. The van der Waals surface area contributed by atoms with Crippen LogP contribution < -0.4 is 0 Å². The standard InChI is InChI=1S/C17H21N3O3S/c1-12-17(13(2)23-18-12)24(21,22)20-11-15-8-16(20)10-19(15)9-14-6-4-3-5-7-14/h3-7,15-16H,8-11H2,1-2H3/t15-,16-/m0/s1. The van der Waals surface area contributed by atoms with Crippen molar-refractivity contribution >= 4 is 10.0 Å². The Hall–Kier alpha value is -1.70. The summed E-state index contributed by atoms with van der Waals surface area (Å²) in [6.45, 7) is 5.54. The average molecular weight is 347 g/mol. The number of aromatic nitrogens is 1. The lowest BCUT2D eigenvalue weighted by Gasteiger charge is -2.33. The van der Waals surface area contributed by atoms with Gasteiger partial charge in [0.05, 0.1) is 0 Å². The first-order chi connectivity index (χ1) is 11.5. The van der Waals surface area contributed by atoms with Crippen LogP contribution in [0.3, 0.4) is 0 Å². The van der Waals surface area contributed by atoms with Crippen LogP contribution in [0.5, 0.6) is 0 Å². The minimum absolute atomic E-state index is 0.0393. The third-order valence-electron chi connectivity index (χ3n) is 5.07. The lowest BCUT2D eigenvalue weighted by Crippen LogP contribution is -2.48. The number of hydrogen-bond acceptors (Lipinski definition) is 5. The number of hydrogen-bond donors (Lipinski definition) is 0. The summed E-state index contributed by atoms with van der Waals surface area (Å²) in [6.07, 6.45) is 0.898. The van der Waals surface area contributed by atoms with Crippen molar-refractivity contribution in [2.24, 2.45) is 0 Å². The molecular weight excluding hydrogens is 326 g/mol. The first-order valence-corrected chi connectivity index (χ1v) is 9.63. The molecule has 128 valence electrons. The maximum Gasteiger partial charge on any atom is 0.248 e. The summed E-state index contributed by atoms with van der Waals surface area (Å²) in [5, 5.41) is 3.80. The molecule has 3 heterocycles. The van der Waals surface area contributed by atoms with Gasteiger partial charge in [0.15, 0.2) is 5.76 Å². The molecule has 2 atom stereocenters. The Morgan fingerprint density at radius 2 is 1.92 bits per heavy atom. The number of piperazine rings is 1. The molecule has 0 amide bonds. The molecule has 2 aromatic rings. The second-order valence-electron chi connectivity index (χ2n) is 6.69. The highest BCUT2D eigenvalue weighted by Gasteiger charge is 2.49. The van der Waals surface area contributed by atoms with Gasteiger partial charge in [-0.15, -0.1) is 0 Å². The van der Waals surface area contributed by atoms with Crippen LogP contribution in [0.15, 0.2) is 39.8 Å². The number of likely N-dealkylation sites (tertiary alicyclic amines) is 1. The highest BCUT2D eigenvalue weighted by Crippen LogP contribution is 2.37. The van der Waals surface area contributed by atoms with E-state index in [4.69, 9.17) is 4.52 Å². The molecule has 0 N–H and O–H groups in total. The molecule has 7 heteroatoms. The monoisotopic (exact) mass is 347 g/mol. The molecule has 4 rings (SSSR count). The van der Waals surface area contributed by atoms with Crippen molar-refractivity contribution in [2.75, 3.05) is 13.1 Å². The van der Waals surface area contributed by atoms with Gasteiger partial charge < -0.3 is 4.52 Å². The summed E-state index contributed by atoms with van der Waals surface area (Å²) >= 11 is 0. The van der Waals surface area contributed by atoms with Gasteiger partial charge in [0, 0.05) is 31.7 Å². The second kappa shape index (κ2) is 5.68. The van der Waals surface area contributed by atoms with Gasteiger partial charge in [-0.2, -0.15) is 4.31 Å². The summed E-state index contributed by atoms with van der Waals surface area (Å²) in [6, 6.07) is 10.6. The van der Waals surface area contributed by atoms with Crippen LogP contribution in [0.2, 0.25) is 0 Å². The van der Waals surface area contributed by atoms with Gasteiger partial charge in [0.1, 0.15) is 10.6 Å². The van der Waals surface area contributed by atoms with E-state index in [0.717, 1.165) is 19.5 Å². The minimum Gasteiger partial charge on any atom is -0.360 e. The Kier molecular flexibility index (Phi) is 3.74. The number of nitrogens with zero attached hydrogens (tertiary/aromatic N) is 3. The number of aryl methyl sites for hydroxylation is 2. The third-order valence-corrected chi connectivity index (χ3v) is 7.23. The van der Waals surface area contributed by atoms with E-state index < -0.39 is 10.0 Å². The molecule has 0 aliphatic carbocycles. The van der Waals surface area contributed by atoms with Crippen LogP contribution in [0.4, 0.5) is 0 Å². The number of sulfonamides is 1. The lowest BCUT2D eigenvalue weighted by molar-refractivity contribution is 0.174. The summed E-state index contributed by atoms with van der Waals surface area (Å²) in [7, 11) is -3.53. The van der Waals surface area contributed by atoms with Crippen molar-refractivity contribution in [3.05, 3.63) is 47.3 Å². The fourth-order valence-corrected chi connectivity index (χ4v) is 5.94. The molecule has 0 saturated carbocycles. The van der Waals surface area contributed by atoms with Gasteiger partial charge in [-0.25, -0.2) is 8.42 Å². The summed E-state index contributed by atoms with van der Waals surface area (Å²) in [5.41, 5.74) is 1.71. The first-order valence-electron chi connectivity index (χ1n) is 8.19. The van der Waals surface area contributed by atoms with Gasteiger partial charge in [-0.05, 0) is 25.8 Å². The van der Waals surface area contributed by atoms with E-state index in [1.165, 1.54) is 5.56 Å². The smallest absolute Gasteiger partial charge is 0.248 e. The lowest BCUT2D eigenvalue weighted by atomic mass is 10.2. The third kappa shape index (κ3) is 2.47. The second-order valence-corrected chi connectivity index (χ2v) is 8.51. The van der Waals surface area contributed by atoms with E-state index in [0.29, 0.717) is 18.0 Å². The molecule has 0 unspecified atom stereocenters. The van der Waals surface area contributed by atoms with Crippen molar-refractivity contribution in [3.8, 4) is 0 Å². The van der Waals surface area contributed by atoms with Gasteiger partial charge in [-0.1, -0.05) is 35.5 Å². The topological polar surface area (TPSA) is 66.7 Å². The van der Waals surface area contributed by atoms with Crippen LogP contribution >= 0.6 is 0 Å². The van der Waals surface area contributed by atoms with Crippen LogP contribution in [0.1, 0.15) is 23.4 Å². The van der Waals surface area contributed by atoms with Crippen molar-refractivity contribution in [2.45, 2.75) is 43.8 Å². The zero-order chi connectivity index (χ0) is 16.9. The molecule has 2 saturated heterocycles. The number of benzene rings is 1. The van der Waals surface area contributed by atoms with Crippen LogP contribution in [-0.4, -0.2) is 48.0 Å².